The summed E-state index contributed by atoms with van der Waals surface area (Å²) in [6.07, 6.45) is 0.356. The third-order valence-corrected chi connectivity index (χ3v) is 4.42. The standard InChI is InChI=1S/C17H21FN4O2/c1-8(2)13(19)12(18)14(20)17(23)22-10-5-3-9(4-6-10)16-15-11(24-16)7-21-15/h3-6,8,11,15-16,20-21H,7,19H2,1-2H3,(H,22,23)/t11?,15-,16+/m1/s1. The Kier molecular flexibility index (Phi) is 4.38. The lowest BCUT2D eigenvalue weighted by atomic mass is 9.86. The molecule has 0 aromatic heterocycles. The van der Waals surface area contributed by atoms with Crippen LogP contribution in [0.15, 0.2) is 35.8 Å². The number of anilines is 1. The van der Waals surface area contributed by atoms with Crippen molar-refractivity contribution in [3.8, 4) is 0 Å². The van der Waals surface area contributed by atoms with Gasteiger partial charge in [0.2, 0.25) is 0 Å². The number of rotatable bonds is 5. The lowest BCUT2D eigenvalue weighted by Crippen LogP contribution is -2.69. The molecule has 3 rings (SSSR count). The van der Waals surface area contributed by atoms with Gasteiger partial charge in [-0.3, -0.25) is 10.2 Å². The maximum atomic E-state index is 13.9. The molecule has 2 saturated heterocycles. The predicted molar refractivity (Wildman–Crippen MR) is 89.4 cm³/mol. The van der Waals surface area contributed by atoms with Gasteiger partial charge in [0.15, 0.2) is 11.5 Å². The number of benzene rings is 1. The largest absolute Gasteiger partial charge is 0.399 e. The molecule has 0 bridgehead atoms. The van der Waals surface area contributed by atoms with Gasteiger partial charge in [0, 0.05) is 17.9 Å². The highest BCUT2D eigenvalue weighted by atomic mass is 19.1. The minimum Gasteiger partial charge on any atom is -0.399 e. The number of hydrogen-bond donors (Lipinski definition) is 4. The Morgan fingerprint density at radius 1 is 1.42 bits per heavy atom. The summed E-state index contributed by atoms with van der Waals surface area (Å²) < 4.78 is 19.7. The number of hydrogen-bond acceptors (Lipinski definition) is 5. The molecule has 0 radical (unpaired) electrons. The number of nitrogens with two attached hydrogens (primary N) is 1. The van der Waals surface area contributed by atoms with Gasteiger partial charge in [-0.15, -0.1) is 0 Å². The molecular weight excluding hydrogens is 311 g/mol. The Morgan fingerprint density at radius 2 is 2.08 bits per heavy atom. The number of amides is 1. The van der Waals surface area contributed by atoms with Crippen LogP contribution in [0.1, 0.15) is 25.5 Å². The van der Waals surface area contributed by atoms with Gasteiger partial charge in [-0.2, -0.15) is 0 Å². The van der Waals surface area contributed by atoms with Gasteiger partial charge in [0.1, 0.15) is 6.10 Å². The molecule has 128 valence electrons. The zero-order valence-electron chi connectivity index (χ0n) is 13.6. The van der Waals surface area contributed by atoms with Gasteiger partial charge in [-0.05, 0) is 23.6 Å². The Labute approximate surface area is 139 Å². The lowest BCUT2D eigenvalue weighted by molar-refractivity contribution is -0.203. The van der Waals surface area contributed by atoms with Crippen molar-refractivity contribution >= 4 is 17.3 Å². The van der Waals surface area contributed by atoms with Crippen molar-refractivity contribution in [2.45, 2.75) is 32.1 Å². The molecule has 2 fully saturated rings. The van der Waals surface area contributed by atoms with Crippen molar-refractivity contribution in [1.82, 2.24) is 5.32 Å². The van der Waals surface area contributed by atoms with E-state index in [9.17, 15) is 9.18 Å². The van der Waals surface area contributed by atoms with Crippen LogP contribution in [-0.4, -0.2) is 30.3 Å². The van der Waals surface area contributed by atoms with E-state index in [1.165, 1.54) is 0 Å². The summed E-state index contributed by atoms with van der Waals surface area (Å²) in [5.41, 5.74) is 6.20. The summed E-state index contributed by atoms with van der Waals surface area (Å²) in [5.74, 6) is -2.09. The third kappa shape index (κ3) is 2.92. The van der Waals surface area contributed by atoms with E-state index in [0.717, 1.165) is 12.1 Å². The predicted octanol–water partition coefficient (Wildman–Crippen LogP) is 1.85. The van der Waals surface area contributed by atoms with Gasteiger partial charge < -0.3 is 21.1 Å². The number of halogens is 1. The maximum absolute atomic E-state index is 13.9. The quantitative estimate of drug-likeness (QED) is 0.618. The molecule has 1 aromatic carbocycles. The number of carbonyl (C=O) groups is 1. The monoisotopic (exact) mass is 332 g/mol. The average molecular weight is 332 g/mol. The smallest absolute Gasteiger partial charge is 0.276 e. The Hall–Kier alpha value is -2.25. The van der Waals surface area contributed by atoms with Crippen molar-refractivity contribution in [3.05, 3.63) is 41.4 Å². The molecule has 0 saturated carbocycles. The second-order valence-electron chi connectivity index (χ2n) is 6.40. The van der Waals surface area contributed by atoms with E-state index in [0.29, 0.717) is 17.8 Å². The van der Waals surface area contributed by atoms with Crippen LogP contribution in [0.5, 0.6) is 0 Å². The van der Waals surface area contributed by atoms with Crippen molar-refractivity contribution in [2.24, 2.45) is 11.7 Å². The van der Waals surface area contributed by atoms with E-state index in [1.807, 2.05) is 12.1 Å². The molecule has 2 heterocycles. The molecule has 0 aliphatic carbocycles. The summed E-state index contributed by atoms with van der Waals surface area (Å²) in [6, 6.07) is 7.51. The highest BCUT2D eigenvalue weighted by Gasteiger charge is 2.49. The van der Waals surface area contributed by atoms with Gasteiger partial charge in [0.05, 0.1) is 12.1 Å². The van der Waals surface area contributed by atoms with Crippen molar-refractivity contribution in [3.63, 3.8) is 0 Å². The van der Waals surface area contributed by atoms with Crippen LogP contribution in [0.2, 0.25) is 0 Å². The van der Waals surface area contributed by atoms with E-state index in [2.05, 4.69) is 10.6 Å². The van der Waals surface area contributed by atoms with Gasteiger partial charge >= 0.3 is 0 Å². The van der Waals surface area contributed by atoms with E-state index in [4.69, 9.17) is 15.9 Å². The van der Waals surface area contributed by atoms with Crippen LogP contribution in [0, 0.1) is 11.3 Å². The van der Waals surface area contributed by atoms with E-state index in [1.54, 1.807) is 26.0 Å². The first-order valence-electron chi connectivity index (χ1n) is 7.92. The second kappa shape index (κ2) is 6.33. The first-order chi connectivity index (χ1) is 11.4. The molecule has 3 atom stereocenters. The number of nitrogens with one attached hydrogen (secondary N) is 3. The minimum absolute atomic E-state index is 0.0398. The Balaban J connectivity index is 1.62. The molecular formula is C17H21FN4O2. The zero-order chi connectivity index (χ0) is 17.4. The summed E-state index contributed by atoms with van der Waals surface area (Å²) in [7, 11) is 0. The second-order valence-corrected chi connectivity index (χ2v) is 6.40. The van der Waals surface area contributed by atoms with Crippen molar-refractivity contribution in [2.75, 3.05) is 11.9 Å². The van der Waals surface area contributed by atoms with Crippen LogP contribution in [-0.2, 0) is 9.53 Å². The molecule has 1 aromatic rings. The van der Waals surface area contributed by atoms with Crippen molar-refractivity contribution < 1.29 is 13.9 Å². The first kappa shape index (κ1) is 16.6. The molecule has 5 N–H and O–H groups in total. The Bertz CT molecular complexity index is 699. The van der Waals surface area contributed by atoms with E-state index >= 15 is 0 Å². The molecule has 2 aliphatic heterocycles. The molecule has 1 amide bonds. The maximum Gasteiger partial charge on any atom is 0.276 e. The van der Waals surface area contributed by atoms with Crippen LogP contribution < -0.4 is 16.4 Å². The molecule has 1 unspecified atom stereocenters. The fraction of sp³-hybridized carbons (Fsp3) is 0.412. The number of carbonyl (C=O) groups excluding carboxylic acids is 1. The molecule has 24 heavy (non-hydrogen) atoms. The summed E-state index contributed by atoms with van der Waals surface area (Å²) in [6.45, 7) is 4.29. The number of morpholine rings is 1. The number of ether oxygens (including phenoxy) is 1. The van der Waals surface area contributed by atoms with Crippen molar-refractivity contribution in [1.29, 1.82) is 5.41 Å². The van der Waals surface area contributed by atoms with Gasteiger partial charge in [-0.1, -0.05) is 26.0 Å². The fourth-order valence-corrected chi connectivity index (χ4v) is 2.70. The highest BCUT2D eigenvalue weighted by Crippen LogP contribution is 2.39. The van der Waals surface area contributed by atoms with Crippen LogP contribution in [0.4, 0.5) is 10.1 Å². The topological polar surface area (TPSA) is 100 Å². The number of allylic oxidation sites excluding steroid dienone is 1. The van der Waals surface area contributed by atoms with Crippen LogP contribution >= 0.6 is 0 Å². The summed E-state index contributed by atoms with van der Waals surface area (Å²) >= 11 is 0. The SMILES string of the molecule is CC(C)C(N)=C(F)C(=N)C(=O)Nc1ccc([C@@H]2OC3CN[C@H]32)cc1. The Morgan fingerprint density at radius 3 is 2.54 bits per heavy atom. The first-order valence-corrected chi connectivity index (χ1v) is 7.92. The summed E-state index contributed by atoms with van der Waals surface area (Å²) in [4.78, 5) is 12.0. The molecule has 7 heteroatoms. The summed E-state index contributed by atoms with van der Waals surface area (Å²) in [5, 5.41) is 13.4. The zero-order valence-corrected chi connectivity index (χ0v) is 13.6. The van der Waals surface area contributed by atoms with Crippen LogP contribution in [0.25, 0.3) is 0 Å². The van der Waals surface area contributed by atoms with E-state index in [-0.39, 0.29) is 17.7 Å². The van der Waals surface area contributed by atoms with Gasteiger partial charge in [0.25, 0.3) is 5.91 Å². The normalized spacial score (nSPS) is 25.9. The number of fused-ring (bicyclic) bond motifs is 1. The third-order valence-electron chi connectivity index (χ3n) is 4.42. The lowest BCUT2D eigenvalue weighted by Gasteiger charge is -2.53. The highest BCUT2D eigenvalue weighted by molar-refractivity contribution is 6.47. The van der Waals surface area contributed by atoms with E-state index < -0.39 is 17.4 Å². The van der Waals surface area contributed by atoms with Gasteiger partial charge in [-0.25, -0.2) is 4.39 Å². The fourth-order valence-electron chi connectivity index (χ4n) is 2.70. The molecule has 6 nitrogen and oxygen atoms in total. The molecule has 2 aliphatic rings. The average Bonchev–Trinajstić information content (AvgIpc) is 2.55. The van der Waals surface area contributed by atoms with Crippen LogP contribution in [0.3, 0.4) is 0 Å². The minimum atomic E-state index is -0.982. The molecule has 0 spiro atoms.